The van der Waals surface area contributed by atoms with Gasteiger partial charge < -0.3 is 19.7 Å². The molecule has 0 spiro atoms. The Balaban J connectivity index is 0. The lowest BCUT2D eigenvalue weighted by Gasteiger charge is -2.14. The third-order valence-electron chi connectivity index (χ3n) is 2.64. The number of halogens is 3. The van der Waals surface area contributed by atoms with Crippen molar-refractivity contribution in [3.8, 4) is 11.5 Å². The zero-order valence-electron chi connectivity index (χ0n) is 12.9. The monoisotopic (exact) mass is 402 g/mol. The van der Waals surface area contributed by atoms with Crippen LogP contribution in [-0.2, 0) is 6.54 Å². The molecule has 0 radical (unpaired) electrons. The van der Waals surface area contributed by atoms with Crippen molar-refractivity contribution in [1.29, 1.82) is 0 Å². The van der Waals surface area contributed by atoms with Gasteiger partial charge in [-0.25, -0.2) is 0 Å². The number of nitrogens with zero attached hydrogens (tertiary/aromatic N) is 1. The summed E-state index contributed by atoms with van der Waals surface area (Å²) in [7, 11) is 5.80. The standard InChI is InChI=1S/C14H23BrN2O2.2ClH/c1-5-19-14-12(15)8-11(9-13(14)18-4)10-16-6-7-17(2)3;;/h8-9,16H,5-7,10H2,1-4H3;2*1H. The molecule has 0 aliphatic rings. The molecule has 1 aromatic carbocycles. The normalized spacial score (nSPS) is 9.81. The highest BCUT2D eigenvalue weighted by Gasteiger charge is 2.10. The van der Waals surface area contributed by atoms with E-state index in [0.717, 1.165) is 35.6 Å². The number of hydrogen-bond acceptors (Lipinski definition) is 4. The Hall–Kier alpha value is -0.200. The van der Waals surface area contributed by atoms with Crippen LogP contribution in [-0.4, -0.2) is 45.8 Å². The Bertz CT molecular complexity index is 407. The molecule has 0 aliphatic carbocycles. The molecule has 4 nitrogen and oxygen atoms in total. The van der Waals surface area contributed by atoms with Crippen LogP contribution in [0.5, 0.6) is 11.5 Å². The Kier molecular flexibility index (Phi) is 13.6. The fourth-order valence-corrected chi connectivity index (χ4v) is 2.30. The van der Waals surface area contributed by atoms with E-state index in [9.17, 15) is 0 Å². The minimum atomic E-state index is 0. The topological polar surface area (TPSA) is 33.7 Å². The van der Waals surface area contributed by atoms with Gasteiger partial charge in [0.25, 0.3) is 0 Å². The fourth-order valence-electron chi connectivity index (χ4n) is 1.70. The van der Waals surface area contributed by atoms with Crippen molar-refractivity contribution < 1.29 is 9.47 Å². The van der Waals surface area contributed by atoms with E-state index in [4.69, 9.17) is 9.47 Å². The first-order valence-electron chi connectivity index (χ1n) is 6.43. The summed E-state index contributed by atoms with van der Waals surface area (Å²) in [4.78, 5) is 2.15. The Morgan fingerprint density at radius 1 is 1.24 bits per heavy atom. The van der Waals surface area contributed by atoms with E-state index >= 15 is 0 Å². The summed E-state index contributed by atoms with van der Waals surface area (Å²) in [6, 6.07) is 4.08. The number of nitrogens with one attached hydrogen (secondary N) is 1. The van der Waals surface area contributed by atoms with Gasteiger partial charge in [-0.15, -0.1) is 24.8 Å². The zero-order valence-corrected chi connectivity index (χ0v) is 16.2. The van der Waals surface area contributed by atoms with E-state index < -0.39 is 0 Å². The highest BCUT2D eigenvalue weighted by atomic mass is 79.9. The predicted octanol–water partition coefficient (Wildman–Crippen LogP) is 3.35. The minimum Gasteiger partial charge on any atom is -0.493 e. The van der Waals surface area contributed by atoms with Gasteiger partial charge in [-0.05, 0) is 54.6 Å². The largest absolute Gasteiger partial charge is 0.493 e. The zero-order chi connectivity index (χ0) is 14.3. The number of ether oxygens (including phenoxy) is 2. The first-order chi connectivity index (χ1) is 9.08. The molecule has 1 rings (SSSR count). The van der Waals surface area contributed by atoms with Gasteiger partial charge in [0, 0.05) is 19.6 Å². The summed E-state index contributed by atoms with van der Waals surface area (Å²) in [5.74, 6) is 1.53. The molecule has 1 N–H and O–H groups in total. The van der Waals surface area contributed by atoms with Gasteiger partial charge in [0.15, 0.2) is 11.5 Å². The lowest BCUT2D eigenvalue weighted by Crippen LogP contribution is -2.26. The second-order valence-electron chi connectivity index (χ2n) is 4.52. The van der Waals surface area contributed by atoms with Crippen LogP contribution in [0.25, 0.3) is 0 Å². The summed E-state index contributed by atoms with van der Waals surface area (Å²) in [6.45, 7) is 5.38. The molecule has 0 aliphatic heterocycles. The summed E-state index contributed by atoms with van der Waals surface area (Å²) in [5, 5.41) is 3.40. The van der Waals surface area contributed by atoms with E-state index in [0.29, 0.717) is 6.61 Å². The van der Waals surface area contributed by atoms with Gasteiger partial charge in [0.2, 0.25) is 0 Å². The maximum absolute atomic E-state index is 5.57. The first kappa shape index (κ1) is 23.1. The third kappa shape index (κ3) is 8.12. The smallest absolute Gasteiger partial charge is 0.175 e. The minimum absolute atomic E-state index is 0. The molecule has 21 heavy (non-hydrogen) atoms. The van der Waals surface area contributed by atoms with E-state index in [1.165, 1.54) is 5.56 Å². The van der Waals surface area contributed by atoms with E-state index in [1.807, 2.05) is 13.0 Å². The van der Waals surface area contributed by atoms with Crippen molar-refractivity contribution in [2.45, 2.75) is 13.5 Å². The van der Waals surface area contributed by atoms with Crippen molar-refractivity contribution >= 4 is 40.7 Å². The summed E-state index contributed by atoms with van der Waals surface area (Å²) < 4.78 is 11.9. The molecule has 1 aromatic rings. The maximum atomic E-state index is 5.57. The number of benzene rings is 1. The molecule has 0 saturated heterocycles. The number of rotatable bonds is 8. The van der Waals surface area contributed by atoms with Crippen molar-refractivity contribution in [2.24, 2.45) is 0 Å². The summed E-state index contributed by atoms with van der Waals surface area (Å²) in [6.07, 6.45) is 0. The first-order valence-corrected chi connectivity index (χ1v) is 7.22. The highest BCUT2D eigenvalue weighted by molar-refractivity contribution is 9.10. The van der Waals surface area contributed by atoms with Crippen LogP contribution in [0.4, 0.5) is 0 Å². The van der Waals surface area contributed by atoms with Crippen LogP contribution < -0.4 is 14.8 Å². The predicted molar refractivity (Wildman–Crippen MR) is 96.6 cm³/mol. The number of hydrogen-bond donors (Lipinski definition) is 1. The van der Waals surface area contributed by atoms with Gasteiger partial charge in [0.1, 0.15) is 0 Å². The van der Waals surface area contributed by atoms with Gasteiger partial charge in [-0.2, -0.15) is 0 Å². The van der Waals surface area contributed by atoms with Gasteiger partial charge in [0.05, 0.1) is 18.2 Å². The Labute approximate surface area is 148 Å². The van der Waals surface area contributed by atoms with Crippen LogP contribution in [0.15, 0.2) is 16.6 Å². The van der Waals surface area contributed by atoms with Gasteiger partial charge in [-0.1, -0.05) is 0 Å². The molecule has 124 valence electrons. The molecule has 0 amide bonds. The second-order valence-corrected chi connectivity index (χ2v) is 5.38. The number of methoxy groups -OCH3 is 1. The lowest BCUT2D eigenvalue weighted by molar-refractivity contribution is 0.308. The Morgan fingerprint density at radius 3 is 2.43 bits per heavy atom. The van der Waals surface area contributed by atoms with Crippen LogP contribution in [0.1, 0.15) is 12.5 Å². The van der Waals surface area contributed by atoms with E-state index in [2.05, 4.69) is 46.3 Å². The molecule has 0 bridgehead atoms. The van der Waals surface area contributed by atoms with Crippen LogP contribution in [0.3, 0.4) is 0 Å². The Morgan fingerprint density at radius 2 is 1.90 bits per heavy atom. The molecule has 0 saturated carbocycles. The molecule has 0 aromatic heterocycles. The lowest BCUT2D eigenvalue weighted by atomic mass is 10.2. The molecule has 0 heterocycles. The average Bonchev–Trinajstić information content (AvgIpc) is 2.37. The fraction of sp³-hybridized carbons (Fsp3) is 0.571. The second kappa shape index (κ2) is 12.4. The molecular weight excluding hydrogens is 379 g/mol. The van der Waals surface area contributed by atoms with Crippen LogP contribution >= 0.6 is 40.7 Å². The van der Waals surface area contributed by atoms with Crippen LogP contribution in [0.2, 0.25) is 0 Å². The van der Waals surface area contributed by atoms with Crippen molar-refractivity contribution in [3.05, 3.63) is 22.2 Å². The van der Waals surface area contributed by atoms with E-state index in [-0.39, 0.29) is 24.8 Å². The molecule has 0 unspecified atom stereocenters. The average molecular weight is 404 g/mol. The summed E-state index contributed by atoms with van der Waals surface area (Å²) in [5.41, 5.74) is 1.17. The van der Waals surface area contributed by atoms with Crippen molar-refractivity contribution in [2.75, 3.05) is 40.9 Å². The SMILES string of the molecule is CCOc1c(Br)cc(CNCCN(C)C)cc1OC.Cl.Cl. The molecule has 0 fully saturated rings. The highest BCUT2D eigenvalue weighted by Crippen LogP contribution is 2.36. The molecule has 0 atom stereocenters. The van der Waals surface area contributed by atoms with Gasteiger partial charge >= 0.3 is 0 Å². The van der Waals surface area contributed by atoms with Crippen LogP contribution in [0, 0.1) is 0 Å². The quantitative estimate of drug-likeness (QED) is 0.674. The van der Waals surface area contributed by atoms with Crippen molar-refractivity contribution in [3.63, 3.8) is 0 Å². The van der Waals surface area contributed by atoms with Gasteiger partial charge in [-0.3, -0.25) is 0 Å². The number of likely N-dealkylation sites (N-methyl/N-ethyl adjacent to an activating group) is 1. The third-order valence-corrected chi connectivity index (χ3v) is 3.23. The van der Waals surface area contributed by atoms with E-state index in [1.54, 1.807) is 7.11 Å². The maximum Gasteiger partial charge on any atom is 0.175 e. The van der Waals surface area contributed by atoms with Crippen molar-refractivity contribution in [1.82, 2.24) is 10.2 Å². The molecule has 7 heteroatoms. The summed E-state index contributed by atoms with van der Waals surface area (Å²) >= 11 is 3.53. The molecular formula is C14H25BrCl2N2O2.